The third kappa shape index (κ3) is 5.27. The monoisotopic (exact) mass is 425 g/mol. The summed E-state index contributed by atoms with van der Waals surface area (Å²) in [6.07, 6.45) is 4.96. The van der Waals surface area contributed by atoms with E-state index >= 15 is 0 Å². The summed E-state index contributed by atoms with van der Waals surface area (Å²) in [6.45, 7) is 2.10. The van der Waals surface area contributed by atoms with Crippen molar-refractivity contribution in [3.05, 3.63) is 69.4 Å². The van der Waals surface area contributed by atoms with Gasteiger partial charge in [0.1, 0.15) is 16.7 Å². The molecule has 0 aliphatic carbocycles. The quantitative estimate of drug-likeness (QED) is 0.300. The Morgan fingerprint density at radius 3 is 2.43 bits per heavy atom. The van der Waals surface area contributed by atoms with Crippen LogP contribution in [0, 0.1) is 21.4 Å². The highest BCUT2D eigenvalue weighted by Crippen LogP contribution is 2.27. The lowest BCUT2D eigenvalue weighted by molar-refractivity contribution is -0.384. The number of nitro groups is 1. The number of benzene rings is 2. The molecule has 0 bridgehead atoms. The van der Waals surface area contributed by atoms with Gasteiger partial charge in [-0.3, -0.25) is 14.9 Å². The number of nitriles is 1. The molecule has 1 aliphatic rings. The number of rotatable bonds is 6. The van der Waals surface area contributed by atoms with Gasteiger partial charge in [0, 0.05) is 42.4 Å². The second-order valence-corrected chi connectivity index (χ2v) is 7.19. The van der Waals surface area contributed by atoms with E-state index in [0.29, 0.717) is 0 Å². The summed E-state index contributed by atoms with van der Waals surface area (Å²) >= 11 is 5.76. The molecule has 154 valence electrons. The lowest BCUT2D eigenvalue weighted by Crippen LogP contribution is -2.29. The second-order valence-electron chi connectivity index (χ2n) is 6.79. The molecule has 0 radical (unpaired) electrons. The normalized spacial score (nSPS) is 14.0. The van der Waals surface area contributed by atoms with E-state index in [-0.39, 0.29) is 22.0 Å². The molecule has 3 rings (SSSR count). The molecule has 30 heavy (non-hydrogen) atoms. The van der Waals surface area contributed by atoms with Crippen LogP contribution in [0.5, 0.6) is 0 Å². The van der Waals surface area contributed by atoms with Gasteiger partial charge in [0.2, 0.25) is 0 Å². The van der Waals surface area contributed by atoms with Crippen LogP contribution in [0.4, 0.5) is 22.7 Å². The van der Waals surface area contributed by atoms with Gasteiger partial charge in [0.05, 0.1) is 4.92 Å². The first-order chi connectivity index (χ1) is 14.5. The fourth-order valence-corrected chi connectivity index (χ4v) is 3.34. The Kier molecular flexibility index (Phi) is 6.88. The molecule has 2 N–H and O–H groups in total. The van der Waals surface area contributed by atoms with Crippen molar-refractivity contribution in [2.45, 2.75) is 19.3 Å². The summed E-state index contributed by atoms with van der Waals surface area (Å²) in [6, 6.07) is 13.5. The van der Waals surface area contributed by atoms with Crippen LogP contribution in [0.3, 0.4) is 0 Å². The molecule has 0 spiro atoms. The van der Waals surface area contributed by atoms with Crippen molar-refractivity contribution >= 4 is 40.3 Å². The first-order valence-electron chi connectivity index (χ1n) is 9.45. The summed E-state index contributed by atoms with van der Waals surface area (Å²) in [5, 5.41) is 25.6. The number of nitrogens with one attached hydrogen (secondary N) is 2. The molecular weight excluding hydrogens is 406 g/mol. The predicted molar refractivity (Wildman–Crippen MR) is 117 cm³/mol. The number of piperidine rings is 1. The number of anilines is 3. The lowest BCUT2D eigenvalue weighted by Gasteiger charge is -2.28. The highest BCUT2D eigenvalue weighted by molar-refractivity contribution is 6.32. The first-order valence-corrected chi connectivity index (χ1v) is 9.83. The lowest BCUT2D eigenvalue weighted by atomic mass is 10.1. The Labute approximate surface area is 178 Å². The van der Waals surface area contributed by atoms with Crippen LogP contribution < -0.4 is 15.5 Å². The van der Waals surface area contributed by atoms with Gasteiger partial charge in [0.25, 0.3) is 11.6 Å². The summed E-state index contributed by atoms with van der Waals surface area (Å²) in [5.74, 6) is -0.688. The van der Waals surface area contributed by atoms with Crippen LogP contribution in [0.2, 0.25) is 5.02 Å². The fourth-order valence-electron chi connectivity index (χ4n) is 3.15. The third-order valence-electron chi connectivity index (χ3n) is 4.74. The van der Waals surface area contributed by atoms with E-state index in [1.807, 2.05) is 30.3 Å². The molecule has 0 aromatic heterocycles. The Morgan fingerprint density at radius 1 is 1.13 bits per heavy atom. The zero-order chi connectivity index (χ0) is 21.5. The zero-order valence-electron chi connectivity index (χ0n) is 16.1. The van der Waals surface area contributed by atoms with Crippen LogP contribution in [0.25, 0.3) is 0 Å². The summed E-state index contributed by atoms with van der Waals surface area (Å²) in [4.78, 5) is 25.0. The van der Waals surface area contributed by atoms with Crippen LogP contribution in [0.15, 0.2) is 54.2 Å². The topological polar surface area (TPSA) is 111 Å². The van der Waals surface area contributed by atoms with Gasteiger partial charge in [-0.25, -0.2) is 0 Å². The van der Waals surface area contributed by atoms with E-state index in [1.54, 1.807) is 0 Å². The predicted octanol–water partition coefficient (Wildman–Crippen LogP) is 4.70. The Balaban J connectivity index is 1.65. The van der Waals surface area contributed by atoms with Crippen molar-refractivity contribution in [3.63, 3.8) is 0 Å². The molecule has 2 aromatic carbocycles. The molecule has 8 nitrogen and oxygen atoms in total. The van der Waals surface area contributed by atoms with Crippen LogP contribution in [-0.2, 0) is 4.79 Å². The van der Waals surface area contributed by atoms with Crippen LogP contribution >= 0.6 is 11.6 Å². The number of halogens is 1. The van der Waals surface area contributed by atoms with Gasteiger partial charge in [-0.15, -0.1) is 0 Å². The largest absolute Gasteiger partial charge is 0.372 e. The second kappa shape index (κ2) is 9.76. The molecule has 1 amide bonds. The molecule has 1 heterocycles. The van der Waals surface area contributed by atoms with E-state index in [2.05, 4.69) is 15.5 Å². The zero-order valence-corrected chi connectivity index (χ0v) is 16.9. The SMILES string of the molecule is N#C/C(=C/Nc1ccc(N2CCCCC2)cc1)C(=O)Nc1ccc(Cl)c([N+](=O)[O-])c1. The van der Waals surface area contributed by atoms with Crippen molar-refractivity contribution in [3.8, 4) is 6.07 Å². The average molecular weight is 426 g/mol. The number of amides is 1. The maximum Gasteiger partial charge on any atom is 0.289 e. The molecule has 1 fully saturated rings. The maximum atomic E-state index is 12.3. The highest BCUT2D eigenvalue weighted by atomic mass is 35.5. The summed E-state index contributed by atoms with van der Waals surface area (Å²) in [7, 11) is 0. The molecule has 0 atom stereocenters. The Morgan fingerprint density at radius 2 is 1.80 bits per heavy atom. The van der Waals surface area contributed by atoms with Crippen molar-refractivity contribution < 1.29 is 9.72 Å². The van der Waals surface area contributed by atoms with Gasteiger partial charge < -0.3 is 15.5 Å². The van der Waals surface area contributed by atoms with E-state index in [9.17, 15) is 20.2 Å². The minimum atomic E-state index is -0.688. The van der Waals surface area contributed by atoms with Gasteiger partial charge >= 0.3 is 0 Å². The Bertz CT molecular complexity index is 1010. The molecule has 0 saturated carbocycles. The summed E-state index contributed by atoms with van der Waals surface area (Å²) in [5.41, 5.74) is 1.55. The van der Waals surface area contributed by atoms with Gasteiger partial charge in [-0.2, -0.15) is 5.26 Å². The number of hydrogen-bond acceptors (Lipinski definition) is 6. The molecule has 1 aliphatic heterocycles. The van der Waals surface area contributed by atoms with Crippen molar-refractivity contribution in [1.82, 2.24) is 0 Å². The number of nitrogens with zero attached hydrogens (tertiary/aromatic N) is 3. The Hall–Kier alpha value is -3.57. The molecule has 9 heteroatoms. The van der Waals surface area contributed by atoms with Gasteiger partial charge in [-0.05, 0) is 55.7 Å². The molecule has 0 unspecified atom stereocenters. The first kappa shape index (κ1) is 21.1. The smallest absolute Gasteiger partial charge is 0.289 e. The molecular formula is C21H20ClN5O3. The number of carbonyl (C=O) groups is 1. The minimum absolute atomic E-state index is 0.0382. The van der Waals surface area contributed by atoms with Crippen molar-refractivity contribution in [2.75, 3.05) is 28.6 Å². The molecule has 1 saturated heterocycles. The highest BCUT2D eigenvalue weighted by Gasteiger charge is 2.16. The summed E-state index contributed by atoms with van der Waals surface area (Å²) < 4.78 is 0. The van der Waals surface area contributed by atoms with E-state index < -0.39 is 10.8 Å². The molecule has 2 aromatic rings. The van der Waals surface area contributed by atoms with Crippen molar-refractivity contribution in [1.29, 1.82) is 5.26 Å². The minimum Gasteiger partial charge on any atom is -0.372 e. The standard InChI is InChI=1S/C21H20ClN5O3/c22-19-9-6-17(12-20(19)27(29)30)25-21(28)15(13-23)14-24-16-4-7-18(8-5-16)26-10-2-1-3-11-26/h4-9,12,14,24H,1-3,10-11H2,(H,25,28)/b15-14-. The number of nitro benzene ring substituents is 1. The van der Waals surface area contributed by atoms with Crippen LogP contribution in [0.1, 0.15) is 19.3 Å². The third-order valence-corrected chi connectivity index (χ3v) is 5.06. The van der Waals surface area contributed by atoms with Gasteiger partial charge in [0.15, 0.2) is 0 Å². The number of carbonyl (C=O) groups excluding carboxylic acids is 1. The van der Waals surface area contributed by atoms with Crippen LogP contribution in [-0.4, -0.2) is 23.9 Å². The fraction of sp³-hybridized carbons (Fsp3) is 0.238. The van der Waals surface area contributed by atoms with E-state index in [1.165, 1.54) is 37.6 Å². The van der Waals surface area contributed by atoms with E-state index in [4.69, 9.17) is 11.6 Å². The van der Waals surface area contributed by atoms with E-state index in [0.717, 1.165) is 30.5 Å². The van der Waals surface area contributed by atoms with Gasteiger partial charge in [-0.1, -0.05) is 11.6 Å². The average Bonchev–Trinajstić information content (AvgIpc) is 2.76. The maximum absolute atomic E-state index is 12.3. The number of hydrogen-bond donors (Lipinski definition) is 2. The van der Waals surface area contributed by atoms with Crippen molar-refractivity contribution in [2.24, 2.45) is 0 Å².